The van der Waals surface area contributed by atoms with E-state index in [1.165, 1.54) is 0 Å². The second-order valence-electron chi connectivity index (χ2n) is 5.63. The Balaban J connectivity index is 2.23. The summed E-state index contributed by atoms with van der Waals surface area (Å²) in [7, 11) is 0. The highest BCUT2D eigenvalue weighted by Gasteiger charge is 2.33. The van der Waals surface area contributed by atoms with E-state index in [1.807, 2.05) is 6.92 Å². The maximum atomic E-state index is 12.6. The van der Waals surface area contributed by atoms with Gasteiger partial charge in [-0.1, -0.05) is 37.1 Å². The van der Waals surface area contributed by atoms with Crippen molar-refractivity contribution in [1.29, 1.82) is 5.26 Å². The van der Waals surface area contributed by atoms with E-state index in [0.29, 0.717) is 16.3 Å². The molecule has 1 aromatic carbocycles. The maximum Gasteiger partial charge on any atom is 0.256 e. The number of ether oxygens (including phenoxy) is 1. The molecule has 0 saturated carbocycles. The second kappa shape index (κ2) is 6.42. The minimum absolute atomic E-state index is 0.0259. The van der Waals surface area contributed by atoms with Crippen LogP contribution in [-0.4, -0.2) is 4.98 Å². The number of aromatic amines is 1. The molecule has 3 rings (SSSR count). The van der Waals surface area contributed by atoms with E-state index in [9.17, 15) is 10.1 Å². The van der Waals surface area contributed by atoms with Gasteiger partial charge >= 0.3 is 0 Å². The third-order valence-corrected chi connectivity index (χ3v) is 4.25. The monoisotopic (exact) mass is 341 g/mol. The number of fused-ring (bicyclic) bond motifs is 1. The number of nitrogens with zero attached hydrogens (tertiary/aromatic N) is 1. The van der Waals surface area contributed by atoms with E-state index < -0.39 is 5.92 Å². The predicted molar refractivity (Wildman–Crippen MR) is 91.8 cm³/mol. The van der Waals surface area contributed by atoms with E-state index in [1.54, 1.807) is 30.3 Å². The van der Waals surface area contributed by atoms with Gasteiger partial charge in [0.05, 0.1) is 11.5 Å². The predicted octanol–water partition coefficient (Wildman–Crippen LogP) is 3.20. The molecule has 0 saturated heterocycles. The number of allylic oxidation sites excluding steroid dienone is 1. The molecule has 2 heterocycles. The lowest BCUT2D eigenvalue weighted by Crippen LogP contribution is -2.28. The van der Waals surface area contributed by atoms with Crippen molar-refractivity contribution in [2.24, 2.45) is 5.73 Å². The Bertz CT molecular complexity index is 907. The molecule has 1 aromatic heterocycles. The standard InChI is InChI=1S/C18H16ClN3O2/c1-2-3-12-8-14-16(18(23)22-12)15(13(9-20)17(21)24-14)10-4-6-11(19)7-5-10/h4-8,15H,2-3,21H2,1H3,(H,22,23). The Morgan fingerprint density at radius 2 is 2.08 bits per heavy atom. The summed E-state index contributed by atoms with van der Waals surface area (Å²) >= 11 is 5.94. The van der Waals surface area contributed by atoms with E-state index >= 15 is 0 Å². The molecule has 2 aromatic rings. The van der Waals surface area contributed by atoms with Crippen molar-refractivity contribution < 1.29 is 4.74 Å². The number of aryl methyl sites for hydroxylation is 1. The zero-order valence-corrected chi connectivity index (χ0v) is 13.9. The smallest absolute Gasteiger partial charge is 0.256 e. The number of H-pyrrole nitrogens is 1. The summed E-state index contributed by atoms with van der Waals surface area (Å²) in [6, 6.07) is 10.9. The molecule has 0 fully saturated rings. The minimum atomic E-state index is -0.574. The summed E-state index contributed by atoms with van der Waals surface area (Å²) in [4.78, 5) is 15.5. The molecule has 1 aliphatic rings. The fraction of sp³-hybridized carbons (Fsp3) is 0.222. The van der Waals surface area contributed by atoms with Gasteiger partial charge in [-0.2, -0.15) is 5.26 Å². The molecule has 0 spiro atoms. The van der Waals surface area contributed by atoms with Gasteiger partial charge in [0.15, 0.2) is 0 Å². The molecule has 0 radical (unpaired) electrons. The first-order valence-electron chi connectivity index (χ1n) is 7.64. The third kappa shape index (κ3) is 2.77. The number of rotatable bonds is 3. The first-order chi connectivity index (χ1) is 11.5. The van der Waals surface area contributed by atoms with Crippen LogP contribution in [0.2, 0.25) is 5.02 Å². The van der Waals surface area contributed by atoms with Crippen LogP contribution < -0.4 is 16.0 Å². The van der Waals surface area contributed by atoms with Crippen molar-refractivity contribution >= 4 is 11.6 Å². The Labute approximate surface area is 144 Å². The van der Waals surface area contributed by atoms with Crippen LogP contribution in [0.1, 0.15) is 36.1 Å². The van der Waals surface area contributed by atoms with Gasteiger partial charge in [0.1, 0.15) is 17.4 Å². The van der Waals surface area contributed by atoms with Crippen LogP contribution in [0.25, 0.3) is 0 Å². The van der Waals surface area contributed by atoms with Crippen molar-refractivity contribution in [1.82, 2.24) is 4.98 Å². The van der Waals surface area contributed by atoms with Crippen molar-refractivity contribution in [3.8, 4) is 11.8 Å². The van der Waals surface area contributed by atoms with E-state index in [2.05, 4.69) is 11.1 Å². The average molecular weight is 342 g/mol. The van der Waals surface area contributed by atoms with Crippen LogP contribution in [0.5, 0.6) is 5.75 Å². The summed E-state index contributed by atoms with van der Waals surface area (Å²) in [5, 5.41) is 10.1. The van der Waals surface area contributed by atoms with Gasteiger partial charge < -0.3 is 15.5 Å². The van der Waals surface area contributed by atoms with Gasteiger partial charge in [0.25, 0.3) is 5.56 Å². The van der Waals surface area contributed by atoms with Crippen LogP contribution in [0, 0.1) is 11.3 Å². The topological polar surface area (TPSA) is 91.9 Å². The van der Waals surface area contributed by atoms with Gasteiger partial charge in [-0.05, 0) is 24.1 Å². The van der Waals surface area contributed by atoms with E-state index in [-0.39, 0.29) is 17.0 Å². The molecule has 0 amide bonds. The highest BCUT2D eigenvalue weighted by Crippen LogP contribution is 2.40. The zero-order valence-electron chi connectivity index (χ0n) is 13.1. The molecular formula is C18H16ClN3O2. The second-order valence-corrected chi connectivity index (χ2v) is 6.06. The number of hydrogen-bond acceptors (Lipinski definition) is 4. The fourth-order valence-electron chi connectivity index (χ4n) is 2.93. The molecule has 6 heteroatoms. The zero-order chi connectivity index (χ0) is 17.3. The summed E-state index contributed by atoms with van der Waals surface area (Å²) in [5.41, 5.74) is 7.82. The van der Waals surface area contributed by atoms with Gasteiger partial charge in [0, 0.05) is 16.8 Å². The molecule has 1 aliphatic heterocycles. The average Bonchev–Trinajstić information content (AvgIpc) is 2.54. The number of halogens is 1. The SMILES string of the molecule is CCCc1cc2c(c(=O)[nH]1)C(c1ccc(Cl)cc1)C(C#N)=C(N)O2. The van der Waals surface area contributed by atoms with E-state index in [4.69, 9.17) is 22.1 Å². The van der Waals surface area contributed by atoms with Gasteiger partial charge in [-0.3, -0.25) is 4.79 Å². The van der Waals surface area contributed by atoms with Crippen LogP contribution in [-0.2, 0) is 6.42 Å². The first-order valence-corrected chi connectivity index (χ1v) is 8.02. The summed E-state index contributed by atoms with van der Waals surface area (Å²) in [5.74, 6) is -0.146. The molecule has 5 nitrogen and oxygen atoms in total. The Hall–Kier alpha value is -2.71. The van der Waals surface area contributed by atoms with Gasteiger partial charge in [-0.25, -0.2) is 0 Å². The summed E-state index contributed by atoms with van der Waals surface area (Å²) in [6.07, 6.45) is 1.62. The molecule has 1 unspecified atom stereocenters. The fourth-order valence-corrected chi connectivity index (χ4v) is 3.05. The Morgan fingerprint density at radius 1 is 1.38 bits per heavy atom. The first kappa shape index (κ1) is 16.2. The van der Waals surface area contributed by atoms with Crippen molar-refractivity contribution in [3.05, 3.63) is 74.0 Å². The number of nitriles is 1. The number of pyridine rings is 1. The minimum Gasteiger partial charge on any atom is -0.440 e. The molecule has 1 atom stereocenters. The lowest BCUT2D eigenvalue weighted by Gasteiger charge is -2.26. The van der Waals surface area contributed by atoms with Crippen LogP contribution in [0.15, 0.2) is 46.6 Å². The van der Waals surface area contributed by atoms with Crippen molar-refractivity contribution in [2.75, 3.05) is 0 Å². The van der Waals surface area contributed by atoms with Crippen molar-refractivity contribution in [2.45, 2.75) is 25.7 Å². The van der Waals surface area contributed by atoms with E-state index in [0.717, 1.165) is 24.1 Å². The van der Waals surface area contributed by atoms with Gasteiger partial charge in [-0.15, -0.1) is 0 Å². The lowest BCUT2D eigenvalue weighted by molar-refractivity contribution is 0.391. The van der Waals surface area contributed by atoms with Crippen LogP contribution >= 0.6 is 11.6 Å². The quantitative estimate of drug-likeness (QED) is 0.896. The summed E-state index contributed by atoms with van der Waals surface area (Å²) < 4.78 is 5.57. The molecule has 122 valence electrons. The Morgan fingerprint density at radius 3 is 2.71 bits per heavy atom. The molecule has 0 bridgehead atoms. The molecule has 24 heavy (non-hydrogen) atoms. The number of hydrogen-bond donors (Lipinski definition) is 2. The third-order valence-electron chi connectivity index (χ3n) is 4.00. The number of benzene rings is 1. The normalized spacial score (nSPS) is 16.3. The summed E-state index contributed by atoms with van der Waals surface area (Å²) in [6.45, 7) is 2.02. The van der Waals surface area contributed by atoms with Crippen LogP contribution in [0.3, 0.4) is 0 Å². The highest BCUT2D eigenvalue weighted by molar-refractivity contribution is 6.30. The maximum absolute atomic E-state index is 12.6. The van der Waals surface area contributed by atoms with Crippen LogP contribution in [0.4, 0.5) is 0 Å². The Kier molecular flexibility index (Phi) is 4.32. The lowest BCUT2D eigenvalue weighted by atomic mass is 9.84. The molecule has 3 N–H and O–H groups in total. The number of nitrogens with two attached hydrogens (primary N) is 1. The molecule has 0 aliphatic carbocycles. The number of nitrogens with one attached hydrogen (secondary N) is 1. The van der Waals surface area contributed by atoms with Crippen molar-refractivity contribution in [3.63, 3.8) is 0 Å². The largest absolute Gasteiger partial charge is 0.440 e. The van der Waals surface area contributed by atoms with Gasteiger partial charge in [0.2, 0.25) is 5.88 Å². The molecular weight excluding hydrogens is 326 g/mol. The highest BCUT2D eigenvalue weighted by atomic mass is 35.5. The number of aromatic nitrogens is 1.